The zero-order chi connectivity index (χ0) is 13.8. The number of hydrogen-bond donors (Lipinski definition) is 2. The minimum Gasteiger partial charge on any atom is -0.387 e. The van der Waals surface area contributed by atoms with Crippen LogP contribution in [0.1, 0.15) is 30.2 Å². The van der Waals surface area contributed by atoms with Crippen molar-refractivity contribution in [3.05, 3.63) is 40.0 Å². The van der Waals surface area contributed by atoms with Gasteiger partial charge in [-0.2, -0.15) is 0 Å². The van der Waals surface area contributed by atoms with Crippen LogP contribution in [-0.4, -0.2) is 23.7 Å². The van der Waals surface area contributed by atoms with E-state index in [0.717, 1.165) is 46.0 Å². The summed E-state index contributed by atoms with van der Waals surface area (Å²) in [5.41, 5.74) is 2.82. The SMILES string of the molecule is CNCCCC(O)c1ccc2ccc(C)c(Br)c2n1. The summed E-state index contributed by atoms with van der Waals surface area (Å²) >= 11 is 3.57. The lowest BCUT2D eigenvalue weighted by Crippen LogP contribution is -2.10. The number of halogens is 1. The molecule has 2 N–H and O–H groups in total. The highest BCUT2D eigenvalue weighted by molar-refractivity contribution is 9.10. The van der Waals surface area contributed by atoms with Crippen LogP contribution in [0.25, 0.3) is 10.9 Å². The third kappa shape index (κ3) is 3.32. The van der Waals surface area contributed by atoms with Crippen molar-refractivity contribution in [1.29, 1.82) is 0 Å². The van der Waals surface area contributed by atoms with Crippen LogP contribution in [0.2, 0.25) is 0 Å². The third-order valence-electron chi connectivity index (χ3n) is 3.26. The second-order valence-corrected chi connectivity index (χ2v) is 5.56. The molecule has 3 nitrogen and oxygen atoms in total. The Kier molecular flexibility index (Phi) is 4.91. The minimum absolute atomic E-state index is 0.495. The van der Waals surface area contributed by atoms with E-state index in [1.165, 1.54) is 0 Å². The van der Waals surface area contributed by atoms with E-state index in [1.807, 2.05) is 26.1 Å². The van der Waals surface area contributed by atoms with E-state index >= 15 is 0 Å². The van der Waals surface area contributed by atoms with Gasteiger partial charge in [-0.25, -0.2) is 4.98 Å². The largest absolute Gasteiger partial charge is 0.387 e. The quantitative estimate of drug-likeness (QED) is 0.830. The van der Waals surface area contributed by atoms with Gasteiger partial charge in [0.2, 0.25) is 0 Å². The van der Waals surface area contributed by atoms with Gasteiger partial charge in [0.1, 0.15) is 0 Å². The maximum Gasteiger partial charge on any atom is 0.0960 e. The maximum atomic E-state index is 10.2. The van der Waals surface area contributed by atoms with E-state index < -0.39 is 6.10 Å². The van der Waals surface area contributed by atoms with E-state index in [4.69, 9.17) is 0 Å². The van der Waals surface area contributed by atoms with Crippen LogP contribution in [-0.2, 0) is 0 Å². The van der Waals surface area contributed by atoms with Crippen molar-refractivity contribution in [3.63, 3.8) is 0 Å². The predicted molar refractivity (Wildman–Crippen MR) is 82.3 cm³/mol. The zero-order valence-electron chi connectivity index (χ0n) is 11.3. The summed E-state index contributed by atoms with van der Waals surface area (Å²) in [5.74, 6) is 0. The van der Waals surface area contributed by atoms with E-state index in [0.29, 0.717) is 0 Å². The molecule has 0 aliphatic rings. The molecule has 0 aliphatic carbocycles. The summed E-state index contributed by atoms with van der Waals surface area (Å²) in [6.07, 6.45) is 1.17. The summed E-state index contributed by atoms with van der Waals surface area (Å²) in [7, 11) is 1.92. The molecule has 0 fully saturated rings. The van der Waals surface area contributed by atoms with E-state index in [9.17, 15) is 5.11 Å². The summed E-state index contributed by atoms with van der Waals surface area (Å²) in [6, 6.07) is 8.05. The molecule has 1 aromatic heterocycles. The van der Waals surface area contributed by atoms with Crippen LogP contribution in [0.3, 0.4) is 0 Å². The average Bonchev–Trinajstić information content (AvgIpc) is 2.43. The van der Waals surface area contributed by atoms with Gasteiger partial charge in [0.25, 0.3) is 0 Å². The Morgan fingerprint density at radius 3 is 2.79 bits per heavy atom. The van der Waals surface area contributed by atoms with Crippen molar-refractivity contribution in [2.45, 2.75) is 25.9 Å². The number of aryl methyl sites for hydroxylation is 1. The number of aromatic nitrogens is 1. The molecule has 1 heterocycles. The average molecular weight is 323 g/mol. The van der Waals surface area contributed by atoms with Crippen molar-refractivity contribution in [2.24, 2.45) is 0 Å². The number of aliphatic hydroxyl groups is 1. The topological polar surface area (TPSA) is 45.1 Å². The number of fused-ring (bicyclic) bond motifs is 1. The Morgan fingerprint density at radius 2 is 2.05 bits per heavy atom. The Morgan fingerprint density at radius 1 is 1.32 bits per heavy atom. The number of rotatable bonds is 5. The fourth-order valence-corrected chi connectivity index (χ4v) is 2.53. The molecular formula is C15H19BrN2O. The van der Waals surface area contributed by atoms with Gasteiger partial charge in [-0.1, -0.05) is 18.2 Å². The van der Waals surface area contributed by atoms with Gasteiger partial charge in [0.05, 0.1) is 17.3 Å². The van der Waals surface area contributed by atoms with E-state index in [-0.39, 0.29) is 0 Å². The molecule has 0 saturated heterocycles. The maximum absolute atomic E-state index is 10.2. The normalized spacial score (nSPS) is 12.8. The molecular weight excluding hydrogens is 304 g/mol. The number of hydrogen-bond acceptors (Lipinski definition) is 3. The molecule has 102 valence electrons. The summed E-state index contributed by atoms with van der Waals surface area (Å²) in [4.78, 5) is 4.60. The lowest BCUT2D eigenvalue weighted by atomic mass is 10.1. The first-order chi connectivity index (χ1) is 9.13. The summed E-state index contributed by atoms with van der Waals surface area (Å²) in [6.45, 7) is 2.95. The minimum atomic E-state index is -0.495. The predicted octanol–water partition coefficient (Wildman–Crippen LogP) is 3.34. The zero-order valence-corrected chi connectivity index (χ0v) is 12.9. The molecule has 1 aromatic carbocycles. The van der Waals surface area contributed by atoms with Crippen LogP contribution in [0.5, 0.6) is 0 Å². The van der Waals surface area contributed by atoms with Crippen LogP contribution in [0, 0.1) is 6.92 Å². The molecule has 0 spiro atoms. The summed E-state index contributed by atoms with van der Waals surface area (Å²) in [5, 5.41) is 14.3. The van der Waals surface area contributed by atoms with Gasteiger partial charge in [-0.3, -0.25) is 0 Å². The highest BCUT2D eigenvalue weighted by Crippen LogP contribution is 2.27. The van der Waals surface area contributed by atoms with E-state index in [1.54, 1.807) is 0 Å². The second-order valence-electron chi connectivity index (χ2n) is 4.77. The van der Waals surface area contributed by atoms with Crippen molar-refractivity contribution in [2.75, 3.05) is 13.6 Å². The van der Waals surface area contributed by atoms with Gasteiger partial charge in [-0.15, -0.1) is 0 Å². The Hall–Kier alpha value is -0.970. The van der Waals surface area contributed by atoms with Crippen molar-refractivity contribution >= 4 is 26.8 Å². The fraction of sp³-hybridized carbons (Fsp3) is 0.400. The first-order valence-electron chi connectivity index (χ1n) is 6.52. The Balaban J connectivity index is 2.27. The number of nitrogens with one attached hydrogen (secondary N) is 1. The van der Waals surface area contributed by atoms with Gasteiger partial charge < -0.3 is 10.4 Å². The van der Waals surface area contributed by atoms with Crippen molar-refractivity contribution < 1.29 is 5.11 Å². The smallest absolute Gasteiger partial charge is 0.0960 e. The molecule has 0 saturated carbocycles. The lowest BCUT2D eigenvalue weighted by Gasteiger charge is -2.12. The van der Waals surface area contributed by atoms with Crippen LogP contribution in [0.4, 0.5) is 0 Å². The highest BCUT2D eigenvalue weighted by atomic mass is 79.9. The standard InChI is InChI=1S/C15H19BrN2O/c1-10-5-6-11-7-8-12(18-15(11)14(10)16)13(19)4-3-9-17-2/h5-8,13,17,19H,3-4,9H2,1-2H3. The first kappa shape index (κ1) is 14.4. The second kappa shape index (κ2) is 6.46. The molecule has 2 aromatic rings. The van der Waals surface area contributed by atoms with Gasteiger partial charge in [-0.05, 0) is 60.9 Å². The van der Waals surface area contributed by atoms with Crippen LogP contribution >= 0.6 is 15.9 Å². The molecule has 0 aliphatic heterocycles. The van der Waals surface area contributed by atoms with Gasteiger partial charge in [0, 0.05) is 9.86 Å². The van der Waals surface area contributed by atoms with Crippen LogP contribution in [0.15, 0.2) is 28.7 Å². The summed E-state index contributed by atoms with van der Waals surface area (Å²) < 4.78 is 1.01. The molecule has 1 atom stereocenters. The highest BCUT2D eigenvalue weighted by Gasteiger charge is 2.11. The van der Waals surface area contributed by atoms with Crippen LogP contribution < -0.4 is 5.32 Å². The first-order valence-corrected chi connectivity index (χ1v) is 7.31. The molecule has 1 unspecified atom stereocenters. The number of aliphatic hydroxyl groups excluding tert-OH is 1. The Bertz CT molecular complexity index is 571. The fourth-order valence-electron chi connectivity index (χ4n) is 2.08. The van der Waals surface area contributed by atoms with Crippen molar-refractivity contribution in [1.82, 2.24) is 10.3 Å². The molecule has 4 heteroatoms. The third-order valence-corrected chi connectivity index (χ3v) is 4.26. The lowest BCUT2D eigenvalue weighted by molar-refractivity contribution is 0.160. The van der Waals surface area contributed by atoms with Gasteiger partial charge >= 0.3 is 0 Å². The van der Waals surface area contributed by atoms with Gasteiger partial charge in [0.15, 0.2) is 0 Å². The number of nitrogens with zero attached hydrogens (tertiary/aromatic N) is 1. The monoisotopic (exact) mass is 322 g/mol. The molecule has 2 rings (SSSR count). The number of pyridine rings is 1. The molecule has 0 amide bonds. The molecule has 0 bridgehead atoms. The van der Waals surface area contributed by atoms with Crippen molar-refractivity contribution in [3.8, 4) is 0 Å². The van der Waals surface area contributed by atoms with E-state index in [2.05, 4.69) is 38.4 Å². The number of benzene rings is 1. The molecule has 0 radical (unpaired) electrons. The Labute approximate surface area is 122 Å². The molecule has 19 heavy (non-hydrogen) atoms.